The van der Waals surface area contributed by atoms with E-state index >= 15 is 0 Å². The zero-order valence-corrected chi connectivity index (χ0v) is 13.1. The van der Waals surface area contributed by atoms with Crippen molar-refractivity contribution >= 4 is 12.2 Å². The number of nitrogens with zero attached hydrogens (tertiary/aromatic N) is 2. The Bertz CT molecular complexity index is 435. The lowest BCUT2D eigenvalue weighted by Crippen LogP contribution is -2.56. The fourth-order valence-electron chi connectivity index (χ4n) is 3.06. The molecular weight excluding hydrogens is 272 g/mol. The lowest BCUT2D eigenvalue weighted by molar-refractivity contribution is -0.0595. The number of hydrogen-bond acceptors (Lipinski definition) is 4. The minimum Gasteiger partial charge on any atom is -0.445 e. The molecule has 6 nitrogen and oxygen atoms in total. The number of rotatable bonds is 3. The Morgan fingerprint density at radius 3 is 2.05 bits per heavy atom. The first-order chi connectivity index (χ1) is 9.85. The highest BCUT2D eigenvalue weighted by molar-refractivity contribution is 5.76. The lowest BCUT2D eigenvalue weighted by Gasteiger charge is -2.39. The Labute approximate surface area is 125 Å². The highest BCUT2D eigenvalue weighted by atomic mass is 16.6. The molecule has 1 aliphatic heterocycles. The molecule has 3 atom stereocenters. The molecule has 118 valence electrons. The van der Waals surface area contributed by atoms with Crippen LogP contribution in [0.1, 0.15) is 40.5 Å². The van der Waals surface area contributed by atoms with Crippen LogP contribution in [0.5, 0.6) is 0 Å². The average molecular weight is 296 g/mol. The van der Waals surface area contributed by atoms with Crippen molar-refractivity contribution in [3.63, 3.8) is 0 Å². The van der Waals surface area contributed by atoms with E-state index in [4.69, 9.17) is 9.47 Å². The zero-order chi connectivity index (χ0) is 15.7. The fourth-order valence-corrected chi connectivity index (χ4v) is 3.06. The van der Waals surface area contributed by atoms with Crippen molar-refractivity contribution in [2.75, 3.05) is 0 Å². The molecule has 2 amide bonds. The van der Waals surface area contributed by atoms with Gasteiger partial charge in [0.05, 0.1) is 24.3 Å². The van der Waals surface area contributed by atoms with Gasteiger partial charge in [0.25, 0.3) is 0 Å². The molecule has 2 bridgehead atoms. The van der Waals surface area contributed by atoms with E-state index in [0.29, 0.717) is 0 Å². The summed E-state index contributed by atoms with van der Waals surface area (Å²) in [5, 5.41) is 2.85. The Morgan fingerprint density at radius 2 is 1.57 bits per heavy atom. The van der Waals surface area contributed by atoms with Crippen LogP contribution in [0.15, 0.2) is 12.7 Å². The maximum Gasteiger partial charge on any atom is 0.429 e. The molecule has 2 aliphatic rings. The second-order valence-electron chi connectivity index (χ2n) is 6.15. The molecule has 0 radical (unpaired) electrons. The van der Waals surface area contributed by atoms with E-state index in [9.17, 15) is 9.59 Å². The van der Waals surface area contributed by atoms with Crippen molar-refractivity contribution in [1.29, 1.82) is 0 Å². The lowest BCUT2D eigenvalue weighted by atomic mass is 10.0. The Kier molecular flexibility index (Phi) is 4.44. The van der Waals surface area contributed by atoms with Crippen molar-refractivity contribution in [3.05, 3.63) is 12.7 Å². The van der Waals surface area contributed by atoms with Gasteiger partial charge < -0.3 is 9.47 Å². The molecule has 0 aromatic rings. The first-order valence-corrected chi connectivity index (χ1v) is 7.47. The fraction of sp³-hybridized carbons (Fsp3) is 0.733. The molecule has 2 rings (SSSR count). The average Bonchev–Trinajstić information content (AvgIpc) is 2.93. The molecule has 0 aromatic carbocycles. The summed E-state index contributed by atoms with van der Waals surface area (Å²) >= 11 is 0. The van der Waals surface area contributed by atoms with Crippen molar-refractivity contribution in [2.24, 2.45) is 5.92 Å². The van der Waals surface area contributed by atoms with Gasteiger partial charge in [-0.1, -0.05) is 6.08 Å². The van der Waals surface area contributed by atoms with Crippen LogP contribution in [0.4, 0.5) is 9.59 Å². The number of hydrogen-bond donors (Lipinski definition) is 0. The monoisotopic (exact) mass is 296 g/mol. The minimum absolute atomic E-state index is 0.0241. The van der Waals surface area contributed by atoms with Gasteiger partial charge in [-0.25, -0.2) is 19.6 Å². The van der Waals surface area contributed by atoms with Gasteiger partial charge in [-0.05, 0) is 40.5 Å². The molecule has 21 heavy (non-hydrogen) atoms. The second kappa shape index (κ2) is 5.95. The summed E-state index contributed by atoms with van der Waals surface area (Å²) in [6.45, 7) is 11.0. The van der Waals surface area contributed by atoms with Crippen LogP contribution in [-0.2, 0) is 9.47 Å². The first kappa shape index (κ1) is 15.7. The van der Waals surface area contributed by atoms with Gasteiger partial charge in [-0.2, -0.15) is 0 Å². The molecule has 0 aromatic heterocycles. The van der Waals surface area contributed by atoms with Crippen LogP contribution < -0.4 is 0 Å². The molecule has 6 heteroatoms. The van der Waals surface area contributed by atoms with Crippen LogP contribution in [-0.4, -0.2) is 46.5 Å². The minimum atomic E-state index is -0.496. The van der Waals surface area contributed by atoms with E-state index in [1.807, 2.05) is 6.08 Å². The number of carbonyl (C=O) groups is 2. The summed E-state index contributed by atoms with van der Waals surface area (Å²) in [5.41, 5.74) is 0. The predicted octanol–water partition coefficient (Wildman–Crippen LogP) is 2.94. The van der Waals surface area contributed by atoms with E-state index in [1.165, 1.54) is 10.0 Å². The summed E-state index contributed by atoms with van der Waals surface area (Å²) in [4.78, 5) is 24.6. The summed E-state index contributed by atoms with van der Waals surface area (Å²) in [6.07, 6.45) is 1.97. The number of amides is 2. The smallest absolute Gasteiger partial charge is 0.429 e. The number of fused-ring (bicyclic) bond motifs is 2. The quantitative estimate of drug-likeness (QED) is 0.751. The van der Waals surface area contributed by atoms with Crippen molar-refractivity contribution in [1.82, 2.24) is 10.0 Å². The van der Waals surface area contributed by atoms with E-state index < -0.39 is 12.2 Å². The van der Waals surface area contributed by atoms with E-state index in [-0.39, 0.29) is 30.2 Å². The summed E-state index contributed by atoms with van der Waals surface area (Å²) in [7, 11) is 0. The van der Waals surface area contributed by atoms with Crippen molar-refractivity contribution in [2.45, 2.75) is 64.8 Å². The third kappa shape index (κ3) is 2.99. The van der Waals surface area contributed by atoms with Crippen LogP contribution in [0.3, 0.4) is 0 Å². The third-order valence-corrected chi connectivity index (χ3v) is 3.79. The van der Waals surface area contributed by atoms with Gasteiger partial charge in [0.2, 0.25) is 0 Å². The molecule has 1 saturated carbocycles. The van der Waals surface area contributed by atoms with E-state index in [0.717, 1.165) is 12.8 Å². The van der Waals surface area contributed by atoms with Gasteiger partial charge in [-0.3, -0.25) is 0 Å². The Balaban J connectivity index is 2.20. The molecule has 0 N–H and O–H groups in total. The van der Waals surface area contributed by atoms with Crippen LogP contribution in [0.25, 0.3) is 0 Å². The number of hydrazine groups is 1. The Morgan fingerprint density at radius 1 is 1.05 bits per heavy atom. The Hall–Kier alpha value is -1.72. The molecule has 1 heterocycles. The van der Waals surface area contributed by atoms with Crippen LogP contribution in [0.2, 0.25) is 0 Å². The van der Waals surface area contributed by atoms with Gasteiger partial charge in [0, 0.05) is 5.92 Å². The van der Waals surface area contributed by atoms with E-state index in [2.05, 4.69) is 6.58 Å². The summed E-state index contributed by atoms with van der Waals surface area (Å²) in [5.74, 6) is 0.192. The molecule has 2 fully saturated rings. The largest absolute Gasteiger partial charge is 0.445 e. The normalized spacial score (nSPS) is 27.4. The van der Waals surface area contributed by atoms with Crippen LogP contribution in [0, 0.1) is 5.92 Å². The van der Waals surface area contributed by atoms with Crippen LogP contribution >= 0.6 is 0 Å². The maximum absolute atomic E-state index is 12.3. The molecular formula is C15H24N2O4. The predicted molar refractivity (Wildman–Crippen MR) is 77.4 cm³/mol. The highest BCUT2D eigenvalue weighted by Crippen LogP contribution is 2.43. The SMILES string of the molecule is C=C[C@@H]1C[C@@H]2C[C@H]1N(C(=O)OC(C)C)N2C(=O)OC(C)C. The number of ether oxygens (including phenoxy) is 2. The number of carbonyl (C=O) groups excluding carboxylic acids is 2. The highest BCUT2D eigenvalue weighted by Gasteiger charge is 2.54. The van der Waals surface area contributed by atoms with Crippen molar-refractivity contribution < 1.29 is 19.1 Å². The molecule has 0 spiro atoms. The molecule has 0 unspecified atom stereocenters. The topological polar surface area (TPSA) is 59.1 Å². The first-order valence-electron chi connectivity index (χ1n) is 7.47. The standard InChI is InChI=1S/C15H24N2O4/c1-6-11-7-12-8-13(11)17(15(19)21-10(4)5)16(12)14(18)20-9(2)3/h6,9-13H,1,7-8H2,2-5H3/t11-,12-,13-/m1/s1. The maximum atomic E-state index is 12.3. The van der Waals surface area contributed by atoms with E-state index in [1.54, 1.807) is 27.7 Å². The summed E-state index contributed by atoms with van der Waals surface area (Å²) < 4.78 is 10.5. The van der Waals surface area contributed by atoms with Gasteiger partial charge >= 0.3 is 12.2 Å². The van der Waals surface area contributed by atoms with Gasteiger partial charge in [0.15, 0.2) is 0 Å². The molecule has 1 aliphatic carbocycles. The zero-order valence-electron chi connectivity index (χ0n) is 13.1. The van der Waals surface area contributed by atoms with Gasteiger partial charge in [-0.15, -0.1) is 6.58 Å². The van der Waals surface area contributed by atoms with Gasteiger partial charge in [0.1, 0.15) is 0 Å². The second-order valence-corrected chi connectivity index (χ2v) is 6.15. The van der Waals surface area contributed by atoms with Crippen molar-refractivity contribution in [3.8, 4) is 0 Å². The third-order valence-electron chi connectivity index (χ3n) is 3.79. The molecule has 1 saturated heterocycles. The summed E-state index contributed by atoms with van der Waals surface area (Å²) in [6, 6.07) is -0.0950.